The van der Waals surface area contributed by atoms with Gasteiger partial charge in [-0.2, -0.15) is 0 Å². The summed E-state index contributed by atoms with van der Waals surface area (Å²) in [6, 6.07) is -3.68. The van der Waals surface area contributed by atoms with Gasteiger partial charge in [-0.05, 0) is 0 Å². The van der Waals surface area contributed by atoms with Gasteiger partial charge in [-0.25, -0.2) is 0 Å². The Hall–Kier alpha value is -2.02. The molecule has 0 N–H and O–H groups in total. The third kappa shape index (κ3) is 7.10. The number of rotatable bonds is 2. The second-order valence-electron chi connectivity index (χ2n) is 7.00. The molecule has 0 nitrogen and oxygen atoms in total. The molecule has 0 fully saturated rings. The Morgan fingerprint density at radius 2 is 0.514 bits per heavy atom. The molecular formula is C18H4F18Sn+2. The fourth-order valence-corrected chi connectivity index (χ4v) is 7.59. The third-order valence-corrected chi connectivity index (χ3v) is 8.90. The van der Waals surface area contributed by atoms with E-state index in [2.05, 4.69) is 0 Å². The Kier molecular flexibility index (Phi) is 7.86. The first-order valence-electron chi connectivity index (χ1n) is 8.71. The third-order valence-electron chi connectivity index (χ3n) is 4.40. The number of hydrogen-bond acceptors (Lipinski definition) is 0. The number of benzene rings is 2. The van der Waals surface area contributed by atoms with Crippen LogP contribution in [-0.4, -0.2) is 21.1 Å². The van der Waals surface area contributed by atoms with Crippen molar-refractivity contribution in [2.24, 2.45) is 0 Å². The van der Waals surface area contributed by atoms with Crippen LogP contribution in [0.25, 0.3) is 0 Å². The maximum atomic E-state index is 13.5. The molecule has 0 aromatic heterocycles. The molecule has 204 valence electrons. The summed E-state index contributed by atoms with van der Waals surface area (Å²) in [4.78, 5) is 0. The van der Waals surface area contributed by atoms with E-state index in [0.29, 0.717) is 0 Å². The van der Waals surface area contributed by atoms with Crippen LogP contribution in [0.4, 0.5) is 79.0 Å². The van der Waals surface area contributed by atoms with E-state index in [0.717, 1.165) is 0 Å². The van der Waals surface area contributed by atoms with Crippen LogP contribution in [0.15, 0.2) is 24.3 Å². The fraction of sp³-hybridized carbons (Fsp3) is 0.333. The van der Waals surface area contributed by atoms with Crippen molar-refractivity contribution in [3.8, 4) is 0 Å². The van der Waals surface area contributed by atoms with Crippen LogP contribution in [0.1, 0.15) is 33.4 Å². The molecule has 0 spiro atoms. The summed E-state index contributed by atoms with van der Waals surface area (Å²) >= 11 is -4.80. The molecule has 0 atom stereocenters. The van der Waals surface area contributed by atoms with E-state index in [4.69, 9.17) is 0 Å². The Morgan fingerprint density at radius 1 is 0.324 bits per heavy atom. The van der Waals surface area contributed by atoms with Crippen molar-refractivity contribution in [3.05, 3.63) is 57.6 Å². The first-order chi connectivity index (χ1) is 16.1. The first-order valence-corrected chi connectivity index (χ1v) is 11.6. The monoisotopic (exact) mass is 682 g/mol. The molecular weight excluding hydrogens is 677 g/mol. The molecule has 19 heteroatoms. The zero-order valence-corrected chi connectivity index (χ0v) is 19.5. The average Bonchev–Trinajstić information content (AvgIpc) is 2.62. The number of hydrogen-bond donors (Lipinski definition) is 0. The van der Waals surface area contributed by atoms with Gasteiger partial charge in [0.05, 0.1) is 0 Å². The van der Waals surface area contributed by atoms with E-state index in [1.54, 1.807) is 0 Å². The van der Waals surface area contributed by atoms with E-state index in [9.17, 15) is 79.0 Å². The average molecular weight is 681 g/mol. The summed E-state index contributed by atoms with van der Waals surface area (Å²) in [5.74, 6) is 0. The molecule has 0 saturated carbocycles. The van der Waals surface area contributed by atoms with E-state index in [1.807, 2.05) is 0 Å². The quantitative estimate of drug-likeness (QED) is 0.228. The number of alkyl halides is 18. The van der Waals surface area contributed by atoms with Gasteiger partial charge in [0.15, 0.2) is 0 Å². The van der Waals surface area contributed by atoms with Crippen molar-refractivity contribution in [1.82, 2.24) is 0 Å². The van der Waals surface area contributed by atoms with Crippen molar-refractivity contribution >= 4 is 28.3 Å². The predicted octanol–water partition coefficient (Wildman–Crippen LogP) is 7.45. The second-order valence-corrected chi connectivity index (χ2v) is 10.6. The molecule has 0 saturated heterocycles. The zero-order valence-electron chi connectivity index (χ0n) is 16.6. The van der Waals surface area contributed by atoms with Crippen LogP contribution in [0, 0.1) is 0 Å². The van der Waals surface area contributed by atoms with Gasteiger partial charge >= 0.3 is 202 Å². The van der Waals surface area contributed by atoms with Crippen molar-refractivity contribution in [2.45, 2.75) is 37.1 Å². The van der Waals surface area contributed by atoms with Crippen LogP contribution in [0.2, 0.25) is 0 Å². The van der Waals surface area contributed by atoms with Gasteiger partial charge in [0, 0.05) is 0 Å². The van der Waals surface area contributed by atoms with Gasteiger partial charge < -0.3 is 0 Å². The molecule has 0 radical (unpaired) electrons. The minimum absolute atomic E-state index is 0.921. The molecule has 0 amide bonds. The normalized spacial score (nSPS) is 14.1. The van der Waals surface area contributed by atoms with Crippen molar-refractivity contribution in [2.75, 3.05) is 0 Å². The summed E-state index contributed by atoms with van der Waals surface area (Å²) in [6.45, 7) is 0. The Labute approximate surface area is 202 Å². The Bertz CT molecular complexity index is 993. The molecule has 0 heterocycles. The molecule has 37 heavy (non-hydrogen) atoms. The molecule has 0 aliphatic carbocycles. The topological polar surface area (TPSA) is 0 Å². The van der Waals surface area contributed by atoms with Gasteiger partial charge in [0.2, 0.25) is 0 Å². The van der Waals surface area contributed by atoms with Gasteiger partial charge in [0.25, 0.3) is 0 Å². The Morgan fingerprint density at radius 3 is 0.649 bits per heavy atom. The standard InChI is InChI=1S/2C9H2F9.Sn/c2*10-7(11,12)4-1-5(8(13,14)15)3-6(2-4)9(16,17)18;/h2*1-2H;/q;;+2. The van der Waals surface area contributed by atoms with Crippen LogP contribution >= 0.6 is 0 Å². The van der Waals surface area contributed by atoms with Crippen LogP contribution < -0.4 is 7.16 Å². The van der Waals surface area contributed by atoms with E-state index >= 15 is 0 Å². The second kappa shape index (κ2) is 9.32. The molecule has 2 aromatic carbocycles. The van der Waals surface area contributed by atoms with Crippen LogP contribution in [0.3, 0.4) is 0 Å². The number of halogens is 18. The summed E-state index contributed by atoms with van der Waals surface area (Å²) in [7, 11) is 0. The van der Waals surface area contributed by atoms with Gasteiger partial charge in [0.1, 0.15) is 0 Å². The van der Waals surface area contributed by atoms with Gasteiger partial charge in [-0.15, -0.1) is 0 Å². The Balaban J connectivity index is 3.12. The fourth-order valence-electron chi connectivity index (χ4n) is 2.90. The molecule has 0 aliphatic rings. The van der Waals surface area contributed by atoms with Crippen LogP contribution in [-0.2, 0) is 37.1 Å². The maximum absolute atomic E-state index is 13.5. The van der Waals surface area contributed by atoms with Gasteiger partial charge in [-0.1, -0.05) is 0 Å². The van der Waals surface area contributed by atoms with E-state index in [-0.39, 0.29) is 0 Å². The summed E-state index contributed by atoms with van der Waals surface area (Å²) in [5, 5.41) is 0. The van der Waals surface area contributed by atoms with Gasteiger partial charge in [-0.3, -0.25) is 0 Å². The zero-order chi connectivity index (χ0) is 29.2. The summed E-state index contributed by atoms with van der Waals surface area (Å²) < 4.78 is 235. The molecule has 2 aromatic rings. The van der Waals surface area contributed by atoms with Crippen molar-refractivity contribution in [3.63, 3.8) is 0 Å². The van der Waals surface area contributed by atoms with Crippen molar-refractivity contribution in [1.29, 1.82) is 0 Å². The minimum atomic E-state index is -6.14. The molecule has 2 rings (SSSR count). The predicted molar refractivity (Wildman–Crippen MR) is 87.9 cm³/mol. The molecule has 0 aliphatic heterocycles. The van der Waals surface area contributed by atoms with Crippen LogP contribution in [0.5, 0.6) is 0 Å². The summed E-state index contributed by atoms with van der Waals surface area (Å²) in [5.41, 5.74) is -16.4. The van der Waals surface area contributed by atoms with Crippen molar-refractivity contribution < 1.29 is 79.0 Å². The van der Waals surface area contributed by atoms with E-state index in [1.165, 1.54) is 0 Å². The SMILES string of the molecule is FC(F)(F)c1cc(C(F)(F)F)[c]([Sn+2][c]2c(C(F)(F)F)cc(C(F)(F)F)cc2C(F)(F)F)c(C(F)(F)F)c1. The first kappa shape index (κ1) is 31.2. The summed E-state index contributed by atoms with van der Waals surface area (Å²) in [6.07, 6.45) is -36.3. The van der Waals surface area contributed by atoms with E-state index < -0.39 is 123 Å². The molecule has 0 bridgehead atoms. The molecule has 0 unspecified atom stereocenters.